The first kappa shape index (κ1) is 32.0. The molecular formula is C31H42N8O3S2. The van der Waals surface area contributed by atoms with E-state index in [0.29, 0.717) is 31.2 Å². The minimum Gasteiger partial charge on any atom is -0.444 e. The number of rotatable bonds is 9. The van der Waals surface area contributed by atoms with Gasteiger partial charge in [0, 0.05) is 38.1 Å². The zero-order chi connectivity index (χ0) is 31.6. The first-order chi connectivity index (χ1) is 20.8. The molecule has 13 heteroatoms. The van der Waals surface area contributed by atoms with Crippen LogP contribution < -0.4 is 10.0 Å². The smallest absolute Gasteiger partial charge is 0.410 e. The molecule has 44 heavy (non-hydrogen) atoms. The lowest BCUT2D eigenvalue weighted by atomic mass is 10.1. The number of aromatic nitrogens is 5. The number of fused-ring (bicyclic) bond motifs is 1. The molecule has 0 aliphatic carbocycles. The number of hydrogen-bond donors (Lipinski definition) is 2. The minimum atomic E-state index is -0.562. The van der Waals surface area contributed by atoms with Crippen LogP contribution in [0.3, 0.4) is 0 Å². The first-order valence-corrected chi connectivity index (χ1v) is 16.3. The van der Waals surface area contributed by atoms with Gasteiger partial charge in [0.1, 0.15) is 5.60 Å². The number of nitrogens with one attached hydrogen (secondary N) is 2. The quantitative estimate of drug-likeness (QED) is 0.153. The summed E-state index contributed by atoms with van der Waals surface area (Å²) in [5.74, 6) is 0.636. The number of amides is 1. The molecule has 0 aromatic carbocycles. The lowest BCUT2D eigenvalue weighted by Crippen LogP contribution is -2.39. The van der Waals surface area contributed by atoms with E-state index in [-0.39, 0.29) is 11.7 Å². The highest BCUT2D eigenvalue weighted by Gasteiger charge is 2.26. The maximum atomic E-state index is 12.9. The van der Waals surface area contributed by atoms with E-state index < -0.39 is 5.60 Å². The van der Waals surface area contributed by atoms with Crippen molar-refractivity contribution in [2.45, 2.75) is 70.3 Å². The molecule has 1 aliphatic heterocycles. The number of aryl methyl sites for hydroxylation is 2. The summed E-state index contributed by atoms with van der Waals surface area (Å²) in [6.45, 7) is 16.3. The van der Waals surface area contributed by atoms with Crippen molar-refractivity contribution in [1.29, 1.82) is 0 Å². The normalized spacial score (nSPS) is 14.3. The number of nitrogens with zero attached hydrogens (tertiary/aromatic N) is 6. The topological polar surface area (TPSA) is 111 Å². The molecule has 0 bridgehead atoms. The summed E-state index contributed by atoms with van der Waals surface area (Å²) in [4.78, 5) is 24.5. The van der Waals surface area contributed by atoms with E-state index in [4.69, 9.17) is 19.4 Å². The van der Waals surface area contributed by atoms with Crippen molar-refractivity contribution in [2.24, 2.45) is 7.05 Å². The predicted octanol–water partition coefficient (Wildman–Crippen LogP) is 6.68. The molecule has 0 unspecified atom stereocenters. The van der Waals surface area contributed by atoms with Gasteiger partial charge in [-0.05, 0) is 84.0 Å². The van der Waals surface area contributed by atoms with Crippen LogP contribution in [-0.2, 0) is 16.5 Å². The van der Waals surface area contributed by atoms with Gasteiger partial charge in [-0.2, -0.15) is 5.10 Å². The fourth-order valence-electron chi connectivity index (χ4n) is 4.67. The Morgan fingerprint density at radius 2 is 1.93 bits per heavy atom. The van der Waals surface area contributed by atoms with Crippen molar-refractivity contribution in [2.75, 3.05) is 31.6 Å². The molecule has 11 nitrogen and oxygen atoms in total. The van der Waals surface area contributed by atoms with Crippen LogP contribution in [0.25, 0.3) is 22.5 Å². The third kappa shape index (κ3) is 8.00. The lowest BCUT2D eigenvalue weighted by Gasteiger charge is -2.30. The second-order valence-electron chi connectivity index (χ2n) is 12.8. The molecule has 5 rings (SSSR count). The van der Waals surface area contributed by atoms with Gasteiger partial charge in [-0.3, -0.25) is 13.8 Å². The Morgan fingerprint density at radius 3 is 2.64 bits per heavy atom. The van der Waals surface area contributed by atoms with Crippen LogP contribution in [0.2, 0.25) is 0 Å². The molecule has 4 aromatic rings. The van der Waals surface area contributed by atoms with Crippen molar-refractivity contribution in [3.63, 3.8) is 0 Å². The number of thiophene rings is 1. The SMILES string of the molecule is Cc1cc(Nc2nc(C3=CCCN(C(=O)OC(C)(C)C)C3)cn3c(-c4cnn(C)c4)cnc23)sc1SNCCOC(C)(C)C. The third-order valence-corrected chi connectivity index (χ3v) is 8.95. The van der Waals surface area contributed by atoms with Crippen molar-refractivity contribution < 1.29 is 14.3 Å². The number of hydrogen-bond acceptors (Lipinski definition) is 10. The second kappa shape index (κ2) is 12.9. The Kier molecular flexibility index (Phi) is 9.40. The molecule has 236 valence electrons. The number of carbonyl (C=O) groups is 1. The van der Waals surface area contributed by atoms with E-state index in [1.165, 1.54) is 5.56 Å². The molecule has 0 saturated carbocycles. The zero-order valence-corrected chi connectivity index (χ0v) is 28.4. The highest BCUT2D eigenvalue weighted by atomic mass is 32.2. The van der Waals surface area contributed by atoms with E-state index in [1.54, 1.807) is 32.9 Å². The largest absolute Gasteiger partial charge is 0.444 e. The van der Waals surface area contributed by atoms with Crippen molar-refractivity contribution >= 4 is 51.4 Å². The van der Waals surface area contributed by atoms with Crippen LogP contribution in [0.4, 0.5) is 15.6 Å². The van der Waals surface area contributed by atoms with Gasteiger partial charge in [-0.25, -0.2) is 14.8 Å². The molecule has 0 atom stereocenters. The van der Waals surface area contributed by atoms with E-state index >= 15 is 0 Å². The molecule has 0 fully saturated rings. The van der Waals surface area contributed by atoms with Crippen molar-refractivity contribution in [3.05, 3.63) is 48.2 Å². The second-order valence-corrected chi connectivity index (χ2v) is 15.0. The standard InChI is InChI=1S/C31H42N8O3S2/c1-20-14-25(43-28(20)44-34-11-13-41-30(2,3)4)36-26-27-32-16-24(22-15-33-37(8)17-22)39(27)19-23(35-26)21-10-9-12-38(18-21)29(40)42-31(5,6)7/h10,14-17,19,34H,9,11-13,18H2,1-8H3,(H,35,36). The Morgan fingerprint density at radius 1 is 1.14 bits per heavy atom. The Bertz CT molecular complexity index is 1660. The maximum absolute atomic E-state index is 12.9. The predicted molar refractivity (Wildman–Crippen MR) is 177 cm³/mol. The number of anilines is 2. The number of ether oxygens (including phenoxy) is 2. The van der Waals surface area contributed by atoms with Gasteiger partial charge in [0.05, 0.1) is 51.7 Å². The van der Waals surface area contributed by atoms with Gasteiger partial charge in [0.2, 0.25) is 0 Å². The fraction of sp³-hybridized carbons (Fsp3) is 0.484. The summed E-state index contributed by atoms with van der Waals surface area (Å²) in [6, 6.07) is 2.13. The van der Waals surface area contributed by atoms with E-state index in [1.807, 2.05) is 57.0 Å². The molecular weight excluding hydrogens is 597 g/mol. The molecule has 0 spiro atoms. The monoisotopic (exact) mass is 638 g/mol. The van der Waals surface area contributed by atoms with Gasteiger partial charge >= 0.3 is 6.09 Å². The highest BCUT2D eigenvalue weighted by Crippen LogP contribution is 2.36. The van der Waals surface area contributed by atoms with Crippen LogP contribution in [0.15, 0.2) is 41.1 Å². The van der Waals surface area contributed by atoms with Crippen molar-refractivity contribution in [1.82, 2.24) is 33.8 Å². The molecule has 4 aromatic heterocycles. The summed E-state index contributed by atoms with van der Waals surface area (Å²) in [5.41, 5.74) is 4.72. The van der Waals surface area contributed by atoms with Crippen molar-refractivity contribution in [3.8, 4) is 11.3 Å². The van der Waals surface area contributed by atoms with E-state index in [9.17, 15) is 4.79 Å². The average molecular weight is 639 g/mol. The maximum Gasteiger partial charge on any atom is 0.410 e. The minimum absolute atomic E-state index is 0.152. The van der Waals surface area contributed by atoms with Gasteiger partial charge in [-0.1, -0.05) is 6.08 Å². The molecule has 1 aliphatic rings. The molecule has 5 heterocycles. The van der Waals surface area contributed by atoms with Crippen LogP contribution in [-0.4, -0.2) is 72.6 Å². The number of carbonyl (C=O) groups excluding carboxylic acids is 1. The van der Waals surface area contributed by atoms with Crippen LogP contribution in [0.5, 0.6) is 0 Å². The average Bonchev–Trinajstić information content (AvgIpc) is 3.65. The van der Waals surface area contributed by atoms with E-state index in [0.717, 1.165) is 44.7 Å². The van der Waals surface area contributed by atoms with Crippen LogP contribution in [0, 0.1) is 6.92 Å². The van der Waals surface area contributed by atoms with Gasteiger partial charge in [0.25, 0.3) is 0 Å². The summed E-state index contributed by atoms with van der Waals surface area (Å²) in [7, 11) is 1.89. The van der Waals surface area contributed by atoms with Gasteiger partial charge < -0.3 is 19.7 Å². The Labute approximate surface area is 267 Å². The summed E-state index contributed by atoms with van der Waals surface area (Å²) >= 11 is 3.27. The van der Waals surface area contributed by atoms with Gasteiger partial charge in [-0.15, -0.1) is 11.3 Å². The highest BCUT2D eigenvalue weighted by molar-refractivity contribution is 7.99. The summed E-state index contributed by atoms with van der Waals surface area (Å²) in [6.07, 6.45) is 10.2. The Hall–Kier alpha value is -3.39. The molecule has 0 saturated heterocycles. The van der Waals surface area contributed by atoms with Gasteiger partial charge in [0.15, 0.2) is 11.5 Å². The zero-order valence-electron chi connectivity index (χ0n) is 26.7. The Balaban J connectivity index is 1.42. The third-order valence-electron chi connectivity index (χ3n) is 6.64. The molecule has 1 amide bonds. The van der Waals surface area contributed by atoms with Crippen LogP contribution >= 0.6 is 23.3 Å². The van der Waals surface area contributed by atoms with Crippen LogP contribution in [0.1, 0.15) is 59.2 Å². The van der Waals surface area contributed by atoms with E-state index in [2.05, 4.69) is 55.0 Å². The first-order valence-electron chi connectivity index (χ1n) is 14.7. The summed E-state index contributed by atoms with van der Waals surface area (Å²) < 4.78 is 19.9. The molecule has 0 radical (unpaired) electrons. The number of imidazole rings is 1. The molecule has 2 N–H and O–H groups in total. The summed E-state index contributed by atoms with van der Waals surface area (Å²) in [5, 5.41) is 8.87. The fourth-order valence-corrected chi connectivity index (χ4v) is 6.62. The lowest BCUT2D eigenvalue weighted by molar-refractivity contribution is 0.000984.